The van der Waals surface area contributed by atoms with Crippen LogP contribution < -0.4 is 0 Å². The lowest BCUT2D eigenvalue weighted by Crippen LogP contribution is -2.43. The molecule has 1 atom stereocenters. The maximum absolute atomic E-state index is 12.8. The van der Waals surface area contributed by atoms with Crippen molar-refractivity contribution in [2.24, 2.45) is 11.8 Å². The van der Waals surface area contributed by atoms with Gasteiger partial charge in [0.05, 0.1) is 12.0 Å². The van der Waals surface area contributed by atoms with Crippen molar-refractivity contribution >= 4 is 11.9 Å². The van der Waals surface area contributed by atoms with Gasteiger partial charge in [0.2, 0.25) is 5.91 Å². The largest absolute Gasteiger partial charge is 0.481 e. The number of amides is 1. The zero-order chi connectivity index (χ0) is 15.7. The zero-order valence-electron chi connectivity index (χ0n) is 13.0. The van der Waals surface area contributed by atoms with Crippen LogP contribution in [0.3, 0.4) is 0 Å². The van der Waals surface area contributed by atoms with Crippen molar-refractivity contribution in [3.8, 4) is 0 Å². The molecule has 1 aromatic rings. The number of hydrogen-bond acceptors (Lipinski definition) is 2. The Bertz CT molecular complexity index is 575. The summed E-state index contributed by atoms with van der Waals surface area (Å²) in [5.74, 6) is -0.760. The van der Waals surface area contributed by atoms with E-state index >= 15 is 0 Å². The zero-order valence-corrected chi connectivity index (χ0v) is 13.0. The van der Waals surface area contributed by atoms with Gasteiger partial charge in [-0.1, -0.05) is 24.3 Å². The number of carbonyl (C=O) groups is 2. The number of fused-ring (bicyclic) bond motifs is 1. The Kier molecular flexibility index (Phi) is 4.19. The first-order valence-electron chi connectivity index (χ1n) is 8.19. The van der Waals surface area contributed by atoms with Crippen LogP contribution in [0.1, 0.15) is 49.8 Å². The smallest absolute Gasteiger partial charge is 0.306 e. The van der Waals surface area contributed by atoms with Crippen LogP contribution in [0.15, 0.2) is 24.3 Å². The summed E-state index contributed by atoms with van der Waals surface area (Å²) in [6.45, 7) is 2.87. The molecule has 0 aromatic heterocycles. The summed E-state index contributed by atoms with van der Waals surface area (Å²) >= 11 is 0. The molecule has 2 aliphatic rings. The van der Waals surface area contributed by atoms with Crippen molar-refractivity contribution in [2.75, 3.05) is 6.54 Å². The van der Waals surface area contributed by atoms with E-state index in [0.29, 0.717) is 25.7 Å². The van der Waals surface area contributed by atoms with Gasteiger partial charge in [-0.3, -0.25) is 9.59 Å². The minimum Gasteiger partial charge on any atom is -0.481 e. The van der Waals surface area contributed by atoms with Crippen molar-refractivity contribution in [3.05, 3.63) is 35.4 Å². The lowest BCUT2D eigenvalue weighted by molar-refractivity contribution is -0.146. The Morgan fingerprint density at radius 1 is 1.09 bits per heavy atom. The SMILES string of the molecule is CC1c2ccccc2CCN1C(=O)C1CCC(C(=O)O)CC1. The van der Waals surface area contributed by atoms with Gasteiger partial charge in [-0.15, -0.1) is 0 Å². The van der Waals surface area contributed by atoms with Gasteiger partial charge in [0, 0.05) is 12.5 Å². The Hall–Kier alpha value is -1.84. The highest BCUT2D eigenvalue weighted by Crippen LogP contribution is 2.35. The van der Waals surface area contributed by atoms with Crippen LogP contribution in [0.25, 0.3) is 0 Å². The van der Waals surface area contributed by atoms with Gasteiger partial charge in [0.25, 0.3) is 0 Å². The van der Waals surface area contributed by atoms with E-state index in [9.17, 15) is 9.59 Å². The minimum atomic E-state index is -0.717. The van der Waals surface area contributed by atoms with E-state index in [1.54, 1.807) is 0 Å². The molecule has 1 heterocycles. The van der Waals surface area contributed by atoms with E-state index in [1.165, 1.54) is 11.1 Å². The molecule has 1 N–H and O–H groups in total. The lowest BCUT2D eigenvalue weighted by atomic mass is 9.80. The third-order valence-corrected chi connectivity index (χ3v) is 5.30. The summed E-state index contributed by atoms with van der Waals surface area (Å²) in [4.78, 5) is 25.8. The number of carbonyl (C=O) groups excluding carboxylic acids is 1. The summed E-state index contributed by atoms with van der Waals surface area (Å²) in [7, 11) is 0. The molecule has 0 spiro atoms. The van der Waals surface area contributed by atoms with Crippen LogP contribution in [0.5, 0.6) is 0 Å². The third-order valence-electron chi connectivity index (χ3n) is 5.30. The van der Waals surface area contributed by atoms with Gasteiger partial charge in [0.15, 0.2) is 0 Å². The molecule has 4 nitrogen and oxygen atoms in total. The maximum atomic E-state index is 12.8. The number of benzene rings is 1. The molecule has 22 heavy (non-hydrogen) atoms. The van der Waals surface area contributed by atoms with Crippen LogP contribution in [-0.2, 0) is 16.0 Å². The van der Waals surface area contributed by atoms with E-state index < -0.39 is 5.97 Å². The number of hydrogen-bond donors (Lipinski definition) is 1. The normalized spacial score (nSPS) is 28.0. The van der Waals surface area contributed by atoms with Crippen LogP contribution in [0, 0.1) is 11.8 Å². The molecular formula is C18H23NO3. The van der Waals surface area contributed by atoms with Gasteiger partial charge in [0.1, 0.15) is 0 Å². The third kappa shape index (κ3) is 2.74. The van der Waals surface area contributed by atoms with Crippen molar-refractivity contribution in [2.45, 2.75) is 45.1 Å². The van der Waals surface area contributed by atoms with Crippen LogP contribution in [0.4, 0.5) is 0 Å². The molecule has 1 unspecified atom stereocenters. The monoisotopic (exact) mass is 301 g/mol. The highest BCUT2D eigenvalue weighted by molar-refractivity contribution is 5.80. The molecule has 1 aromatic carbocycles. The minimum absolute atomic E-state index is 0.00307. The average Bonchev–Trinajstić information content (AvgIpc) is 2.55. The molecule has 1 fully saturated rings. The van der Waals surface area contributed by atoms with E-state index in [-0.39, 0.29) is 23.8 Å². The first-order chi connectivity index (χ1) is 10.6. The number of aliphatic carboxylic acids is 1. The average molecular weight is 301 g/mol. The summed E-state index contributed by atoms with van der Waals surface area (Å²) < 4.78 is 0. The molecule has 1 aliphatic carbocycles. The maximum Gasteiger partial charge on any atom is 0.306 e. The van der Waals surface area contributed by atoms with E-state index in [2.05, 4.69) is 25.1 Å². The van der Waals surface area contributed by atoms with Crippen molar-refractivity contribution in [1.82, 2.24) is 4.90 Å². The Morgan fingerprint density at radius 2 is 1.73 bits per heavy atom. The molecule has 4 heteroatoms. The fourth-order valence-electron chi connectivity index (χ4n) is 3.89. The second-order valence-corrected chi connectivity index (χ2v) is 6.54. The quantitative estimate of drug-likeness (QED) is 0.913. The first-order valence-corrected chi connectivity index (χ1v) is 8.19. The van der Waals surface area contributed by atoms with Crippen LogP contribution in [-0.4, -0.2) is 28.4 Å². The second-order valence-electron chi connectivity index (χ2n) is 6.54. The van der Waals surface area contributed by atoms with E-state index in [0.717, 1.165) is 13.0 Å². The highest BCUT2D eigenvalue weighted by Gasteiger charge is 2.35. The van der Waals surface area contributed by atoms with Gasteiger partial charge in [-0.25, -0.2) is 0 Å². The summed E-state index contributed by atoms with van der Waals surface area (Å²) in [5.41, 5.74) is 2.59. The van der Waals surface area contributed by atoms with Gasteiger partial charge in [-0.2, -0.15) is 0 Å². The van der Waals surface area contributed by atoms with Crippen molar-refractivity contribution in [3.63, 3.8) is 0 Å². The number of nitrogens with zero attached hydrogens (tertiary/aromatic N) is 1. The second kappa shape index (κ2) is 6.11. The molecule has 0 bridgehead atoms. The Morgan fingerprint density at radius 3 is 2.41 bits per heavy atom. The van der Waals surface area contributed by atoms with Gasteiger partial charge < -0.3 is 10.0 Å². The van der Waals surface area contributed by atoms with Gasteiger partial charge in [-0.05, 0) is 50.2 Å². The van der Waals surface area contributed by atoms with E-state index in [4.69, 9.17) is 5.11 Å². The molecule has 1 aliphatic heterocycles. The van der Waals surface area contributed by atoms with Crippen molar-refractivity contribution in [1.29, 1.82) is 0 Å². The number of carboxylic acid groups (broad SMARTS) is 1. The molecule has 1 saturated carbocycles. The molecule has 0 saturated heterocycles. The molecule has 1 amide bonds. The van der Waals surface area contributed by atoms with Crippen LogP contribution in [0.2, 0.25) is 0 Å². The molecule has 0 radical (unpaired) electrons. The summed E-state index contributed by atoms with van der Waals surface area (Å²) in [6.07, 6.45) is 3.59. The van der Waals surface area contributed by atoms with Gasteiger partial charge >= 0.3 is 5.97 Å². The summed E-state index contributed by atoms with van der Waals surface area (Å²) in [6, 6.07) is 8.46. The number of carboxylic acids is 1. The first kappa shape index (κ1) is 15.1. The van der Waals surface area contributed by atoms with Crippen molar-refractivity contribution < 1.29 is 14.7 Å². The number of rotatable bonds is 2. The summed E-state index contributed by atoms with van der Waals surface area (Å²) in [5, 5.41) is 9.07. The standard InChI is InChI=1S/C18H23NO3/c1-12-16-5-3-2-4-13(16)10-11-19(12)17(20)14-6-8-15(9-7-14)18(21)22/h2-5,12,14-15H,6-11H2,1H3,(H,21,22). The Balaban J connectivity index is 1.68. The lowest BCUT2D eigenvalue weighted by Gasteiger charge is -2.38. The predicted octanol–water partition coefficient (Wildman–Crippen LogP) is 3.02. The predicted molar refractivity (Wildman–Crippen MR) is 83.4 cm³/mol. The molecule has 118 valence electrons. The van der Waals surface area contributed by atoms with E-state index in [1.807, 2.05) is 11.0 Å². The molecule has 3 rings (SSSR count). The molecular weight excluding hydrogens is 278 g/mol. The Labute approximate surface area is 131 Å². The fourth-order valence-corrected chi connectivity index (χ4v) is 3.89. The van der Waals surface area contributed by atoms with Crippen LogP contribution >= 0.6 is 0 Å². The topological polar surface area (TPSA) is 57.6 Å². The fraction of sp³-hybridized carbons (Fsp3) is 0.556. The highest BCUT2D eigenvalue weighted by atomic mass is 16.4.